The molecule has 0 aliphatic carbocycles. The summed E-state index contributed by atoms with van der Waals surface area (Å²) in [6, 6.07) is 2.71. The van der Waals surface area contributed by atoms with Crippen LogP contribution in [-0.4, -0.2) is 18.5 Å². The lowest BCUT2D eigenvalue weighted by atomic mass is 9.97. The SMILES string of the molecule is CCOC(=O)C(CC(C)C)C(=O)Oc1cc(Cl)c(Cl)cc1Cl. The van der Waals surface area contributed by atoms with Gasteiger partial charge in [0.2, 0.25) is 0 Å². The zero-order valence-electron chi connectivity index (χ0n) is 12.5. The van der Waals surface area contributed by atoms with Gasteiger partial charge in [0.1, 0.15) is 0 Å². The maximum atomic E-state index is 12.3. The highest BCUT2D eigenvalue weighted by Crippen LogP contribution is 2.34. The van der Waals surface area contributed by atoms with Gasteiger partial charge in [-0.2, -0.15) is 0 Å². The maximum Gasteiger partial charge on any atom is 0.325 e. The van der Waals surface area contributed by atoms with E-state index in [4.69, 9.17) is 44.3 Å². The Morgan fingerprint density at radius 2 is 1.64 bits per heavy atom. The van der Waals surface area contributed by atoms with Crippen molar-refractivity contribution in [2.24, 2.45) is 11.8 Å². The topological polar surface area (TPSA) is 52.6 Å². The first-order valence-corrected chi connectivity index (χ1v) is 7.92. The number of ether oxygens (including phenoxy) is 2. The lowest BCUT2D eigenvalue weighted by Gasteiger charge is -2.17. The van der Waals surface area contributed by atoms with Crippen molar-refractivity contribution < 1.29 is 19.1 Å². The maximum absolute atomic E-state index is 12.3. The van der Waals surface area contributed by atoms with Crippen LogP contribution in [-0.2, 0) is 14.3 Å². The summed E-state index contributed by atoms with van der Waals surface area (Å²) in [6.45, 7) is 5.65. The average molecular weight is 368 g/mol. The normalized spacial score (nSPS) is 12.1. The number of benzene rings is 1. The van der Waals surface area contributed by atoms with Crippen molar-refractivity contribution in [2.45, 2.75) is 27.2 Å². The van der Waals surface area contributed by atoms with Crippen LogP contribution in [0.3, 0.4) is 0 Å². The molecule has 0 heterocycles. The molecule has 0 fully saturated rings. The van der Waals surface area contributed by atoms with Crippen LogP contribution >= 0.6 is 34.8 Å². The van der Waals surface area contributed by atoms with Crippen molar-refractivity contribution >= 4 is 46.7 Å². The fraction of sp³-hybridized carbons (Fsp3) is 0.467. The monoisotopic (exact) mass is 366 g/mol. The van der Waals surface area contributed by atoms with Crippen LogP contribution in [0.25, 0.3) is 0 Å². The van der Waals surface area contributed by atoms with Crippen molar-refractivity contribution in [1.29, 1.82) is 0 Å². The highest BCUT2D eigenvalue weighted by Gasteiger charge is 2.31. The Hall–Kier alpha value is -0.970. The van der Waals surface area contributed by atoms with Crippen molar-refractivity contribution in [3.05, 3.63) is 27.2 Å². The summed E-state index contributed by atoms with van der Waals surface area (Å²) in [6.07, 6.45) is 0.316. The van der Waals surface area contributed by atoms with Gasteiger partial charge < -0.3 is 9.47 Å². The Labute approximate surface area is 144 Å². The molecule has 0 amide bonds. The number of esters is 2. The van der Waals surface area contributed by atoms with E-state index in [0.29, 0.717) is 6.42 Å². The first-order valence-electron chi connectivity index (χ1n) is 6.79. The number of carbonyl (C=O) groups is 2. The third-order valence-electron chi connectivity index (χ3n) is 2.75. The number of carbonyl (C=O) groups excluding carboxylic acids is 2. The third kappa shape index (κ3) is 5.34. The van der Waals surface area contributed by atoms with Crippen LogP contribution in [0.1, 0.15) is 27.2 Å². The van der Waals surface area contributed by atoms with E-state index in [2.05, 4.69) is 0 Å². The quantitative estimate of drug-likeness (QED) is 0.314. The molecule has 0 spiro atoms. The van der Waals surface area contributed by atoms with Crippen LogP contribution < -0.4 is 4.74 Å². The van der Waals surface area contributed by atoms with Gasteiger partial charge in [0, 0.05) is 6.07 Å². The van der Waals surface area contributed by atoms with E-state index in [0.717, 1.165) is 0 Å². The lowest BCUT2D eigenvalue weighted by Crippen LogP contribution is -2.31. The molecule has 22 heavy (non-hydrogen) atoms. The molecule has 1 rings (SSSR count). The number of hydrogen-bond donors (Lipinski definition) is 0. The second-order valence-corrected chi connectivity index (χ2v) is 6.27. The van der Waals surface area contributed by atoms with Crippen molar-refractivity contribution in [3.8, 4) is 5.75 Å². The number of halogens is 3. The summed E-state index contributed by atoms with van der Waals surface area (Å²) >= 11 is 17.6. The third-order valence-corrected chi connectivity index (χ3v) is 3.77. The van der Waals surface area contributed by atoms with Crippen LogP contribution in [0.5, 0.6) is 5.75 Å². The van der Waals surface area contributed by atoms with Gasteiger partial charge in [-0.3, -0.25) is 9.59 Å². The molecule has 0 aromatic heterocycles. The van der Waals surface area contributed by atoms with Gasteiger partial charge in [-0.1, -0.05) is 48.7 Å². The molecule has 0 N–H and O–H groups in total. The fourth-order valence-corrected chi connectivity index (χ4v) is 2.34. The number of hydrogen-bond acceptors (Lipinski definition) is 4. The molecular formula is C15H17Cl3O4. The second kappa shape index (κ2) is 8.61. The highest BCUT2D eigenvalue weighted by atomic mass is 35.5. The van der Waals surface area contributed by atoms with Gasteiger partial charge in [0.15, 0.2) is 11.7 Å². The summed E-state index contributed by atoms with van der Waals surface area (Å²) in [5.74, 6) is -2.18. The molecule has 0 saturated heterocycles. The molecule has 0 bridgehead atoms. The predicted octanol–water partition coefficient (Wildman–Crippen LogP) is 4.78. The lowest BCUT2D eigenvalue weighted by molar-refractivity contribution is -0.157. The van der Waals surface area contributed by atoms with Gasteiger partial charge >= 0.3 is 11.9 Å². The Bertz CT molecular complexity index is 558. The first-order chi connectivity index (χ1) is 10.3. The van der Waals surface area contributed by atoms with Crippen LogP contribution in [0.2, 0.25) is 15.1 Å². The molecule has 0 aliphatic rings. The summed E-state index contributed by atoms with van der Waals surface area (Å²) in [4.78, 5) is 24.2. The summed E-state index contributed by atoms with van der Waals surface area (Å²) in [7, 11) is 0. The number of rotatable bonds is 6. The standard InChI is InChI=1S/C15H17Cl3O4/c1-4-21-14(19)9(5-8(2)3)15(20)22-13-7-11(17)10(16)6-12(13)18/h6-9H,4-5H2,1-3H3. The van der Waals surface area contributed by atoms with E-state index in [1.54, 1.807) is 6.92 Å². The Morgan fingerprint density at radius 1 is 1.05 bits per heavy atom. The molecule has 1 atom stereocenters. The zero-order chi connectivity index (χ0) is 16.9. The minimum Gasteiger partial charge on any atom is -0.465 e. The van der Waals surface area contributed by atoms with Crippen molar-refractivity contribution in [2.75, 3.05) is 6.61 Å². The van der Waals surface area contributed by atoms with E-state index >= 15 is 0 Å². The molecule has 0 saturated carbocycles. The second-order valence-electron chi connectivity index (χ2n) is 5.05. The van der Waals surface area contributed by atoms with Gasteiger partial charge in [0.25, 0.3) is 0 Å². The van der Waals surface area contributed by atoms with Gasteiger partial charge in [-0.15, -0.1) is 0 Å². The summed E-state index contributed by atoms with van der Waals surface area (Å²) < 4.78 is 10.1. The molecule has 7 heteroatoms. The summed E-state index contributed by atoms with van der Waals surface area (Å²) in [5.41, 5.74) is 0. The van der Waals surface area contributed by atoms with Crippen LogP contribution in [0.15, 0.2) is 12.1 Å². The largest absolute Gasteiger partial charge is 0.465 e. The molecule has 0 radical (unpaired) electrons. The van der Waals surface area contributed by atoms with E-state index in [1.807, 2.05) is 13.8 Å². The van der Waals surface area contributed by atoms with E-state index in [-0.39, 0.29) is 33.3 Å². The smallest absolute Gasteiger partial charge is 0.325 e. The first kappa shape index (κ1) is 19.1. The zero-order valence-corrected chi connectivity index (χ0v) is 14.8. The van der Waals surface area contributed by atoms with Crippen molar-refractivity contribution in [1.82, 2.24) is 0 Å². The van der Waals surface area contributed by atoms with Gasteiger partial charge in [0.05, 0.1) is 21.7 Å². The fourth-order valence-electron chi connectivity index (χ4n) is 1.76. The Morgan fingerprint density at radius 3 is 2.18 bits per heavy atom. The molecule has 1 aromatic carbocycles. The highest BCUT2D eigenvalue weighted by molar-refractivity contribution is 6.43. The Balaban J connectivity index is 2.95. The van der Waals surface area contributed by atoms with E-state index in [1.165, 1.54) is 12.1 Å². The summed E-state index contributed by atoms with van der Waals surface area (Å²) in [5, 5.41) is 0.580. The Kier molecular flexibility index (Phi) is 7.46. The van der Waals surface area contributed by atoms with Gasteiger partial charge in [-0.05, 0) is 25.3 Å². The molecular weight excluding hydrogens is 351 g/mol. The van der Waals surface area contributed by atoms with Crippen LogP contribution in [0, 0.1) is 11.8 Å². The molecule has 122 valence electrons. The molecule has 1 unspecified atom stereocenters. The van der Waals surface area contributed by atoms with Gasteiger partial charge in [-0.25, -0.2) is 0 Å². The molecule has 1 aromatic rings. The molecule has 4 nitrogen and oxygen atoms in total. The average Bonchev–Trinajstić information content (AvgIpc) is 2.42. The predicted molar refractivity (Wildman–Crippen MR) is 86.7 cm³/mol. The minimum atomic E-state index is -1.01. The minimum absolute atomic E-state index is 0.0547. The van der Waals surface area contributed by atoms with E-state index in [9.17, 15) is 9.59 Å². The van der Waals surface area contributed by atoms with Crippen LogP contribution in [0.4, 0.5) is 0 Å². The van der Waals surface area contributed by atoms with E-state index < -0.39 is 17.9 Å². The van der Waals surface area contributed by atoms with Crippen molar-refractivity contribution in [3.63, 3.8) is 0 Å². The molecule has 0 aliphatic heterocycles.